The van der Waals surface area contributed by atoms with Gasteiger partial charge in [0.1, 0.15) is 23.4 Å². The van der Waals surface area contributed by atoms with Crippen LogP contribution in [0.3, 0.4) is 0 Å². The molecule has 0 saturated carbocycles. The van der Waals surface area contributed by atoms with Gasteiger partial charge in [-0.3, -0.25) is 4.79 Å². The number of thiazole rings is 1. The molecule has 0 saturated heterocycles. The lowest BCUT2D eigenvalue weighted by Gasteiger charge is -2.20. The smallest absolute Gasteiger partial charge is 0.328 e. The fraction of sp³-hybridized carbons (Fsp3) is 0.222. The van der Waals surface area contributed by atoms with E-state index < -0.39 is 23.7 Å². The van der Waals surface area contributed by atoms with Crippen LogP contribution in [0.5, 0.6) is 5.75 Å². The lowest BCUT2D eigenvalue weighted by molar-refractivity contribution is -0.144. The van der Waals surface area contributed by atoms with Crippen LogP contribution in [0.4, 0.5) is 19.6 Å². The van der Waals surface area contributed by atoms with Crippen LogP contribution < -0.4 is 15.4 Å². The number of methoxy groups -OCH3 is 2. The third kappa shape index (κ3) is 5.69. The van der Waals surface area contributed by atoms with Gasteiger partial charge in [0.2, 0.25) is 0 Å². The fourth-order valence-corrected chi connectivity index (χ4v) is 4.67. The van der Waals surface area contributed by atoms with Gasteiger partial charge in [-0.05, 0) is 59.5 Å². The molecule has 0 unspecified atom stereocenters. The topological polar surface area (TPSA) is 89.5 Å². The van der Waals surface area contributed by atoms with Crippen molar-refractivity contribution in [2.24, 2.45) is 5.92 Å². The predicted molar refractivity (Wildman–Crippen MR) is 139 cm³/mol. The molecule has 1 amide bonds. The summed E-state index contributed by atoms with van der Waals surface area (Å²) in [6.07, 6.45) is 0. The van der Waals surface area contributed by atoms with E-state index in [1.807, 2.05) is 0 Å². The number of carbonyl (C=O) groups is 2. The molecule has 7 nitrogen and oxygen atoms in total. The molecule has 0 aliphatic heterocycles. The third-order valence-corrected chi connectivity index (χ3v) is 6.68. The van der Waals surface area contributed by atoms with Crippen molar-refractivity contribution in [3.05, 3.63) is 71.8 Å². The summed E-state index contributed by atoms with van der Waals surface area (Å²) in [7, 11) is 2.69. The Labute approximate surface area is 216 Å². The highest BCUT2D eigenvalue weighted by molar-refractivity contribution is 7.22. The summed E-state index contributed by atoms with van der Waals surface area (Å²) >= 11 is 1.22. The number of halogens is 2. The number of hydrogen-bond acceptors (Lipinski definition) is 7. The van der Waals surface area contributed by atoms with E-state index in [2.05, 4.69) is 15.6 Å². The highest BCUT2D eigenvalue weighted by Gasteiger charge is 2.26. The minimum atomic E-state index is -0.814. The first-order chi connectivity index (χ1) is 17.7. The zero-order valence-corrected chi connectivity index (χ0v) is 21.4. The first-order valence-corrected chi connectivity index (χ1v) is 12.2. The van der Waals surface area contributed by atoms with Crippen LogP contribution in [0.25, 0.3) is 21.3 Å². The predicted octanol–water partition coefficient (Wildman–Crippen LogP) is 5.92. The lowest BCUT2D eigenvalue weighted by Crippen LogP contribution is -2.45. The maximum Gasteiger partial charge on any atom is 0.328 e. The fourth-order valence-electron chi connectivity index (χ4n) is 3.77. The van der Waals surface area contributed by atoms with Crippen LogP contribution in [0.2, 0.25) is 0 Å². The van der Waals surface area contributed by atoms with Crippen LogP contribution in [0.1, 0.15) is 24.2 Å². The summed E-state index contributed by atoms with van der Waals surface area (Å²) in [5, 5.41) is 6.06. The number of rotatable bonds is 8. The molecular formula is C27H25F2N3O4S. The van der Waals surface area contributed by atoms with Crippen molar-refractivity contribution in [3.8, 4) is 16.9 Å². The summed E-state index contributed by atoms with van der Waals surface area (Å²) in [6.45, 7) is 3.60. The van der Waals surface area contributed by atoms with Crippen molar-refractivity contribution in [2.45, 2.75) is 19.9 Å². The van der Waals surface area contributed by atoms with Gasteiger partial charge in [-0.25, -0.2) is 18.6 Å². The molecule has 0 fully saturated rings. The number of esters is 1. The Morgan fingerprint density at radius 3 is 2.38 bits per heavy atom. The normalized spacial score (nSPS) is 11.9. The molecule has 0 radical (unpaired) electrons. The van der Waals surface area contributed by atoms with Gasteiger partial charge in [-0.2, -0.15) is 0 Å². The quantitative estimate of drug-likeness (QED) is 0.278. The number of fused-ring (bicyclic) bond motifs is 1. The Kier molecular flexibility index (Phi) is 7.68. The van der Waals surface area contributed by atoms with Gasteiger partial charge in [0.05, 0.1) is 35.7 Å². The number of ether oxygens (including phenoxy) is 2. The van der Waals surface area contributed by atoms with E-state index in [4.69, 9.17) is 9.47 Å². The average Bonchev–Trinajstić information content (AvgIpc) is 3.28. The van der Waals surface area contributed by atoms with Gasteiger partial charge in [0, 0.05) is 0 Å². The zero-order valence-electron chi connectivity index (χ0n) is 20.6. The molecule has 1 aromatic heterocycles. The van der Waals surface area contributed by atoms with Gasteiger partial charge in [-0.1, -0.05) is 37.3 Å². The molecule has 0 spiro atoms. The molecule has 192 valence electrons. The summed E-state index contributed by atoms with van der Waals surface area (Å²) < 4.78 is 39.3. The number of carbonyl (C=O) groups excluding carboxylic acids is 2. The lowest BCUT2D eigenvalue weighted by atomic mass is 10.0. The molecule has 1 atom stereocenters. The maximum atomic E-state index is 15.0. The van der Waals surface area contributed by atoms with Crippen LogP contribution >= 0.6 is 11.3 Å². The van der Waals surface area contributed by atoms with Gasteiger partial charge in [0.15, 0.2) is 5.13 Å². The van der Waals surface area contributed by atoms with Crippen LogP contribution in [0, 0.1) is 17.6 Å². The first-order valence-electron chi connectivity index (χ1n) is 11.4. The van der Waals surface area contributed by atoms with Crippen molar-refractivity contribution in [2.75, 3.05) is 19.5 Å². The monoisotopic (exact) mass is 525 g/mol. The Bertz CT molecular complexity index is 1470. The second-order valence-electron chi connectivity index (χ2n) is 8.58. The first kappa shape index (κ1) is 26.0. The SMILES string of the molecule is COC(=O)[C@@H](NC(=O)c1ccc(-c2ccc(Nc3nc4ccc(F)cc4s3)c(F)c2)cc1OC)C(C)C. The van der Waals surface area contributed by atoms with E-state index in [9.17, 15) is 18.4 Å². The Morgan fingerprint density at radius 1 is 0.973 bits per heavy atom. The summed E-state index contributed by atoms with van der Waals surface area (Å²) in [4.78, 5) is 29.2. The number of nitrogens with one attached hydrogen (secondary N) is 2. The van der Waals surface area contributed by atoms with E-state index in [1.165, 1.54) is 43.8 Å². The van der Waals surface area contributed by atoms with Gasteiger partial charge in [0.25, 0.3) is 5.91 Å². The number of aromatic nitrogens is 1. The summed E-state index contributed by atoms with van der Waals surface area (Å²) in [5.74, 6) is -1.82. The Morgan fingerprint density at radius 2 is 1.70 bits per heavy atom. The minimum absolute atomic E-state index is 0.180. The third-order valence-electron chi connectivity index (χ3n) is 5.75. The Balaban J connectivity index is 1.55. The molecule has 2 N–H and O–H groups in total. The number of nitrogens with zero attached hydrogens (tertiary/aromatic N) is 1. The second kappa shape index (κ2) is 10.9. The Hall–Kier alpha value is -4.05. The number of amides is 1. The molecule has 0 bridgehead atoms. The molecule has 0 aliphatic rings. The van der Waals surface area contributed by atoms with Crippen LogP contribution in [0.15, 0.2) is 54.6 Å². The van der Waals surface area contributed by atoms with Crippen molar-refractivity contribution in [1.82, 2.24) is 10.3 Å². The highest BCUT2D eigenvalue weighted by Crippen LogP contribution is 2.33. The van der Waals surface area contributed by atoms with Crippen LogP contribution in [-0.2, 0) is 9.53 Å². The van der Waals surface area contributed by atoms with E-state index in [1.54, 1.807) is 50.2 Å². The van der Waals surface area contributed by atoms with Gasteiger partial charge >= 0.3 is 5.97 Å². The number of benzene rings is 3. The molecule has 37 heavy (non-hydrogen) atoms. The zero-order chi connectivity index (χ0) is 26.7. The van der Waals surface area contributed by atoms with E-state index in [0.717, 1.165) is 0 Å². The van der Waals surface area contributed by atoms with E-state index in [0.29, 0.717) is 26.5 Å². The largest absolute Gasteiger partial charge is 0.496 e. The van der Waals surface area contributed by atoms with E-state index >= 15 is 0 Å². The molecule has 10 heteroatoms. The molecule has 4 aromatic rings. The average molecular weight is 526 g/mol. The van der Waals surface area contributed by atoms with Crippen molar-refractivity contribution >= 4 is 44.2 Å². The standard InChI is InChI=1S/C27H25F2N3O4S/c1-14(2)24(26(34)36-4)32-25(33)18-8-5-16(12-22(18)35-3)15-6-9-20(19(29)11-15)30-27-31-21-10-7-17(28)13-23(21)37-27/h5-14,24H,1-4H3,(H,30,31)(H,32,33)/t24-/m0/s1. The minimum Gasteiger partial charge on any atom is -0.496 e. The summed E-state index contributed by atoms with van der Waals surface area (Å²) in [6, 6.07) is 13.0. The van der Waals surface area contributed by atoms with Crippen molar-refractivity contribution < 1.29 is 27.8 Å². The van der Waals surface area contributed by atoms with Crippen LogP contribution in [-0.4, -0.2) is 37.1 Å². The molecule has 1 heterocycles. The second-order valence-corrected chi connectivity index (χ2v) is 9.61. The number of anilines is 2. The molecular weight excluding hydrogens is 500 g/mol. The van der Waals surface area contributed by atoms with E-state index in [-0.39, 0.29) is 28.7 Å². The number of hydrogen-bond donors (Lipinski definition) is 2. The molecule has 4 rings (SSSR count). The maximum absolute atomic E-state index is 15.0. The van der Waals surface area contributed by atoms with Crippen molar-refractivity contribution in [3.63, 3.8) is 0 Å². The molecule has 0 aliphatic carbocycles. The van der Waals surface area contributed by atoms with Crippen molar-refractivity contribution in [1.29, 1.82) is 0 Å². The summed E-state index contributed by atoms with van der Waals surface area (Å²) in [5.41, 5.74) is 2.26. The van der Waals surface area contributed by atoms with Gasteiger partial charge < -0.3 is 20.1 Å². The molecule has 3 aromatic carbocycles. The van der Waals surface area contributed by atoms with Gasteiger partial charge in [-0.15, -0.1) is 0 Å². The highest BCUT2D eigenvalue weighted by atomic mass is 32.1.